The van der Waals surface area contributed by atoms with E-state index in [1.54, 1.807) is 17.7 Å². The molecule has 0 unspecified atom stereocenters. The van der Waals surface area contributed by atoms with E-state index in [1.165, 1.54) is 5.56 Å². The summed E-state index contributed by atoms with van der Waals surface area (Å²) in [5.41, 5.74) is 4.02. The molecule has 3 aromatic carbocycles. The Morgan fingerprint density at radius 2 is 1.73 bits per heavy atom. The predicted molar refractivity (Wildman–Crippen MR) is 144 cm³/mol. The molecule has 1 aliphatic heterocycles. The number of nitrogens with one attached hydrogen (secondary N) is 1. The quantitative estimate of drug-likeness (QED) is 0.358. The predicted octanol–water partition coefficient (Wildman–Crippen LogP) is 4.77. The number of carbonyl (C=O) groups excluding carboxylic acids is 1. The normalized spacial score (nSPS) is 12.4. The summed E-state index contributed by atoms with van der Waals surface area (Å²) in [7, 11) is 1.59. The number of rotatable bonds is 9. The Morgan fingerprint density at radius 1 is 0.973 bits per heavy atom. The number of pyridine rings is 1. The van der Waals surface area contributed by atoms with Gasteiger partial charge in [0, 0.05) is 35.7 Å². The number of carbonyl (C=O) groups is 1. The van der Waals surface area contributed by atoms with Crippen LogP contribution in [0.1, 0.15) is 23.6 Å². The maximum absolute atomic E-state index is 13.6. The minimum absolute atomic E-state index is 0.0504. The Hall–Kier alpha value is -4.26. The zero-order valence-corrected chi connectivity index (χ0v) is 21.1. The Bertz CT molecular complexity index is 1490. The minimum atomic E-state index is -0.208. The molecule has 1 aromatic heterocycles. The molecule has 0 spiro atoms. The molecule has 4 aromatic rings. The van der Waals surface area contributed by atoms with Gasteiger partial charge >= 0.3 is 0 Å². The third kappa shape index (κ3) is 5.45. The van der Waals surface area contributed by atoms with Crippen LogP contribution in [-0.4, -0.2) is 30.7 Å². The molecule has 2 heterocycles. The summed E-state index contributed by atoms with van der Waals surface area (Å²) in [5, 5.41) is 4.16. The number of hydrogen-bond acceptors (Lipinski definition) is 6. The number of fused-ring (bicyclic) bond motifs is 2. The van der Waals surface area contributed by atoms with E-state index in [1.807, 2.05) is 48.5 Å². The van der Waals surface area contributed by atoms with Gasteiger partial charge in [-0.25, -0.2) is 0 Å². The number of hydrogen-bond donors (Lipinski definition) is 1. The molecular weight excluding hydrogens is 468 g/mol. The number of aromatic nitrogens is 1. The lowest BCUT2D eigenvalue weighted by Gasteiger charge is -2.21. The highest BCUT2D eigenvalue weighted by atomic mass is 16.6. The summed E-state index contributed by atoms with van der Waals surface area (Å²) in [6.45, 7) is 3.31. The molecule has 190 valence electrons. The highest BCUT2D eigenvalue weighted by molar-refractivity contribution is 5.87. The average molecular weight is 499 g/mol. The summed E-state index contributed by atoms with van der Waals surface area (Å²) in [6, 6.07) is 21.1. The SMILES string of the molecule is CCc1ccc(NCc2cc3cc4c(cc3n(CC(=O)Cc3cccc(OC)c3)c2=O)OCCO4)cc1. The summed E-state index contributed by atoms with van der Waals surface area (Å²) in [6.07, 6.45) is 1.16. The Kier molecular flexibility index (Phi) is 7.12. The molecule has 0 fully saturated rings. The van der Waals surface area contributed by atoms with Crippen molar-refractivity contribution in [1.82, 2.24) is 4.57 Å². The van der Waals surface area contributed by atoms with Crippen molar-refractivity contribution in [1.29, 1.82) is 0 Å². The molecule has 0 saturated carbocycles. The lowest BCUT2D eigenvalue weighted by molar-refractivity contribution is -0.119. The first-order valence-corrected chi connectivity index (χ1v) is 12.5. The maximum atomic E-state index is 13.6. The van der Waals surface area contributed by atoms with Gasteiger partial charge in [-0.2, -0.15) is 0 Å². The van der Waals surface area contributed by atoms with Gasteiger partial charge in [0.25, 0.3) is 5.56 Å². The van der Waals surface area contributed by atoms with E-state index in [0.29, 0.717) is 48.1 Å². The van der Waals surface area contributed by atoms with E-state index >= 15 is 0 Å². The summed E-state index contributed by atoms with van der Waals surface area (Å²) in [4.78, 5) is 26.8. The van der Waals surface area contributed by atoms with Crippen molar-refractivity contribution in [3.8, 4) is 17.2 Å². The molecule has 0 radical (unpaired) electrons. The standard InChI is InChI=1S/C30H30N2O5/c1-3-20-7-9-24(10-8-20)31-18-23-15-22-16-28-29(37-12-11-36-28)17-27(22)32(30(23)34)19-25(33)13-21-5-4-6-26(14-21)35-2/h4-10,14-17,31H,3,11-13,18-19H2,1-2H3. The lowest BCUT2D eigenvalue weighted by Crippen LogP contribution is -2.29. The van der Waals surface area contributed by atoms with E-state index in [9.17, 15) is 9.59 Å². The molecule has 0 saturated heterocycles. The smallest absolute Gasteiger partial charge is 0.256 e. The van der Waals surface area contributed by atoms with Gasteiger partial charge in [0.05, 0.1) is 19.2 Å². The van der Waals surface area contributed by atoms with Crippen LogP contribution in [0.3, 0.4) is 0 Å². The first kappa shape index (κ1) is 24.4. The number of benzene rings is 3. The zero-order valence-electron chi connectivity index (χ0n) is 21.1. The second-order valence-electron chi connectivity index (χ2n) is 9.09. The van der Waals surface area contributed by atoms with Gasteiger partial charge in [-0.15, -0.1) is 0 Å². The first-order chi connectivity index (χ1) is 18.0. The molecule has 0 amide bonds. The van der Waals surface area contributed by atoms with E-state index in [4.69, 9.17) is 14.2 Å². The van der Waals surface area contributed by atoms with Crippen molar-refractivity contribution >= 4 is 22.4 Å². The maximum Gasteiger partial charge on any atom is 0.256 e. The molecule has 1 N–H and O–H groups in total. The monoisotopic (exact) mass is 498 g/mol. The Labute approximate surface area is 215 Å². The van der Waals surface area contributed by atoms with Crippen LogP contribution in [0.15, 0.2) is 71.5 Å². The van der Waals surface area contributed by atoms with Crippen molar-refractivity contribution in [2.24, 2.45) is 0 Å². The van der Waals surface area contributed by atoms with Crippen LogP contribution in [0, 0.1) is 0 Å². The second-order valence-corrected chi connectivity index (χ2v) is 9.09. The molecule has 1 aliphatic rings. The molecule has 0 aliphatic carbocycles. The molecule has 37 heavy (non-hydrogen) atoms. The van der Waals surface area contributed by atoms with Gasteiger partial charge in [0.15, 0.2) is 17.3 Å². The topological polar surface area (TPSA) is 78.8 Å². The van der Waals surface area contributed by atoms with E-state index in [0.717, 1.165) is 23.1 Å². The molecule has 7 nitrogen and oxygen atoms in total. The van der Waals surface area contributed by atoms with Gasteiger partial charge in [-0.3, -0.25) is 9.59 Å². The second kappa shape index (κ2) is 10.8. The van der Waals surface area contributed by atoms with Gasteiger partial charge in [-0.1, -0.05) is 31.2 Å². The van der Waals surface area contributed by atoms with Crippen molar-refractivity contribution in [3.63, 3.8) is 0 Å². The number of Topliss-reactive ketones (excluding diaryl/α,β-unsaturated/α-hetero) is 1. The van der Waals surface area contributed by atoms with E-state index < -0.39 is 0 Å². The fourth-order valence-electron chi connectivity index (χ4n) is 4.56. The van der Waals surface area contributed by atoms with Crippen molar-refractivity contribution in [2.45, 2.75) is 32.9 Å². The van der Waals surface area contributed by atoms with Crippen molar-refractivity contribution in [2.75, 3.05) is 25.6 Å². The van der Waals surface area contributed by atoms with Crippen LogP contribution in [0.2, 0.25) is 0 Å². The van der Waals surface area contributed by atoms with E-state index in [-0.39, 0.29) is 24.3 Å². The summed E-state index contributed by atoms with van der Waals surface area (Å²) >= 11 is 0. The van der Waals surface area contributed by atoms with Crippen molar-refractivity contribution < 1.29 is 19.0 Å². The summed E-state index contributed by atoms with van der Waals surface area (Å²) < 4.78 is 18.3. The average Bonchev–Trinajstić information content (AvgIpc) is 2.93. The van der Waals surface area contributed by atoms with Gasteiger partial charge in [-0.05, 0) is 53.9 Å². The van der Waals surface area contributed by atoms with E-state index in [2.05, 4.69) is 24.4 Å². The fourth-order valence-corrected chi connectivity index (χ4v) is 4.56. The number of ketones is 1. The molecule has 7 heteroatoms. The van der Waals surface area contributed by atoms with Gasteiger partial charge in [0.1, 0.15) is 19.0 Å². The minimum Gasteiger partial charge on any atom is -0.497 e. The molecule has 0 atom stereocenters. The Morgan fingerprint density at radius 3 is 2.46 bits per heavy atom. The van der Waals surface area contributed by atoms with Gasteiger partial charge in [0.2, 0.25) is 0 Å². The highest BCUT2D eigenvalue weighted by Crippen LogP contribution is 2.34. The largest absolute Gasteiger partial charge is 0.497 e. The molecule has 0 bridgehead atoms. The third-order valence-electron chi connectivity index (χ3n) is 6.55. The zero-order chi connectivity index (χ0) is 25.8. The summed E-state index contributed by atoms with van der Waals surface area (Å²) in [5.74, 6) is 1.83. The number of anilines is 1. The third-order valence-corrected chi connectivity index (χ3v) is 6.55. The van der Waals surface area contributed by atoms with Crippen LogP contribution in [-0.2, 0) is 30.7 Å². The lowest BCUT2D eigenvalue weighted by atomic mass is 10.1. The van der Waals surface area contributed by atoms with Crippen LogP contribution in [0.5, 0.6) is 17.2 Å². The van der Waals surface area contributed by atoms with Gasteiger partial charge < -0.3 is 24.1 Å². The van der Waals surface area contributed by atoms with Crippen LogP contribution >= 0.6 is 0 Å². The van der Waals surface area contributed by atoms with Crippen LogP contribution < -0.4 is 25.1 Å². The molecular formula is C30H30N2O5. The van der Waals surface area contributed by atoms with Crippen LogP contribution in [0.25, 0.3) is 10.9 Å². The van der Waals surface area contributed by atoms with Crippen LogP contribution in [0.4, 0.5) is 5.69 Å². The Balaban J connectivity index is 1.48. The number of ether oxygens (including phenoxy) is 3. The fraction of sp³-hybridized carbons (Fsp3) is 0.267. The number of nitrogens with zero attached hydrogens (tertiary/aromatic N) is 1. The highest BCUT2D eigenvalue weighted by Gasteiger charge is 2.18. The first-order valence-electron chi connectivity index (χ1n) is 12.5. The molecule has 5 rings (SSSR count). The number of methoxy groups -OCH3 is 1. The van der Waals surface area contributed by atoms with Crippen molar-refractivity contribution in [3.05, 3.63) is 93.8 Å². The number of aryl methyl sites for hydroxylation is 1.